The summed E-state index contributed by atoms with van der Waals surface area (Å²) in [5.74, 6) is 0.660. The largest absolute Gasteiger partial charge is 0.351 e. The van der Waals surface area contributed by atoms with Crippen molar-refractivity contribution in [2.75, 3.05) is 5.32 Å². The number of anilines is 1. The molecule has 4 nitrogen and oxygen atoms in total. The van der Waals surface area contributed by atoms with Gasteiger partial charge in [0, 0.05) is 23.2 Å². The number of nitrogens with one attached hydrogen (secondary N) is 1. The van der Waals surface area contributed by atoms with Crippen LogP contribution in [0, 0.1) is 6.92 Å². The molecule has 3 N–H and O–H groups in total. The van der Waals surface area contributed by atoms with E-state index in [0.29, 0.717) is 5.95 Å². The maximum Gasteiger partial charge on any atom is 0.223 e. The van der Waals surface area contributed by atoms with Gasteiger partial charge in [-0.1, -0.05) is 37.3 Å². The van der Waals surface area contributed by atoms with Crippen LogP contribution in [0.5, 0.6) is 0 Å². The predicted octanol–water partition coefficient (Wildman–Crippen LogP) is 6.29. The van der Waals surface area contributed by atoms with Gasteiger partial charge in [-0.15, -0.1) is 0 Å². The number of nitrogens with zero attached hydrogens (tertiary/aromatic N) is 2. The number of nitrogens with two attached hydrogens (primary N) is 1. The van der Waals surface area contributed by atoms with Crippen LogP contribution in [0.4, 0.5) is 5.95 Å². The Kier molecular flexibility index (Phi) is 6.08. The average molecular weight is 431 g/mol. The van der Waals surface area contributed by atoms with Gasteiger partial charge in [-0.2, -0.15) is 11.3 Å². The van der Waals surface area contributed by atoms with Gasteiger partial charge in [0.25, 0.3) is 0 Å². The van der Waals surface area contributed by atoms with Crippen molar-refractivity contribution >= 4 is 28.2 Å². The minimum absolute atomic E-state index is 0.200. The Balaban J connectivity index is 1.48. The summed E-state index contributed by atoms with van der Waals surface area (Å²) >= 11 is 1.73. The van der Waals surface area contributed by atoms with Gasteiger partial charge in [0.2, 0.25) is 5.95 Å². The number of hydrogen-bond donors (Lipinski definition) is 2. The molecule has 2 heterocycles. The minimum atomic E-state index is -0.297. The highest BCUT2D eigenvalue weighted by Crippen LogP contribution is 2.29. The average Bonchev–Trinajstić information content (AvgIpc) is 3.19. The van der Waals surface area contributed by atoms with Gasteiger partial charge >= 0.3 is 0 Å². The van der Waals surface area contributed by atoms with E-state index >= 15 is 0 Å². The van der Waals surface area contributed by atoms with Crippen molar-refractivity contribution in [3.63, 3.8) is 0 Å². The summed E-state index contributed by atoms with van der Waals surface area (Å²) in [5.41, 5.74) is 13.3. The summed E-state index contributed by atoms with van der Waals surface area (Å²) in [4.78, 5) is 9.30. The van der Waals surface area contributed by atoms with Crippen LogP contribution in [0.1, 0.15) is 43.9 Å². The van der Waals surface area contributed by atoms with Crippen LogP contribution in [0.2, 0.25) is 0 Å². The molecule has 0 amide bonds. The van der Waals surface area contributed by atoms with E-state index < -0.39 is 0 Å². The zero-order valence-corrected chi connectivity index (χ0v) is 19.5. The van der Waals surface area contributed by atoms with E-state index in [1.807, 2.05) is 6.20 Å². The van der Waals surface area contributed by atoms with Crippen LogP contribution in [0.25, 0.3) is 22.0 Å². The third-order valence-electron chi connectivity index (χ3n) is 5.98. The third kappa shape index (κ3) is 4.78. The molecule has 5 heteroatoms. The molecule has 2 aromatic carbocycles. The normalized spacial score (nSPS) is 14.4. The van der Waals surface area contributed by atoms with Crippen molar-refractivity contribution in [3.05, 3.63) is 76.1 Å². The molecule has 0 radical (unpaired) electrons. The summed E-state index contributed by atoms with van der Waals surface area (Å²) < 4.78 is 0. The number of rotatable bonds is 7. The van der Waals surface area contributed by atoms with Crippen LogP contribution in [-0.4, -0.2) is 16.0 Å². The second-order valence-corrected chi connectivity index (χ2v) is 9.40. The first-order chi connectivity index (χ1) is 14.9. The molecule has 4 aromatic rings. The van der Waals surface area contributed by atoms with Gasteiger partial charge < -0.3 is 11.1 Å². The summed E-state index contributed by atoms with van der Waals surface area (Å²) in [5, 5.41) is 8.87. The molecule has 0 aliphatic rings. The maximum absolute atomic E-state index is 6.43. The van der Waals surface area contributed by atoms with Gasteiger partial charge in [-0.3, -0.25) is 0 Å². The van der Waals surface area contributed by atoms with E-state index in [9.17, 15) is 0 Å². The molecule has 2 atom stereocenters. The van der Waals surface area contributed by atoms with Crippen molar-refractivity contribution in [2.24, 2.45) is 5.73 Å². The molecule has 0 aliphatic carbocycles. The lowest BCUT2D eigenvalue weighted by Crippen LogP contribution is -2.32. The molecule has 0 spiro atoms. The minimum Gasteiger partial charge on any atom is -0.351 e. The van der Waals surface area contributed by atoms with Gasteiger partial charge in [0.05, 0.1) is 5.52 Å². The number of thiophene rings is 1. The highest BCUT2D eigenvalue weighted by Gasteiger charge is 2.19. The smallest absolute Gasteiger partial charge is 0.223 e. The number of aryl methyl sites for hydroxylation is 1. The zero-order valence-electron chi connectivity index (χ0n) is 18.6. The fourth-order valence-corrected chi connectivity index (χ4v) is 4.67. The number of benzene rings is 2. The third-order valence-corrected chi connectivity index (χ3v) is 6.85. The van der Waals surface area contributed by atoms with Crippen molar-refractivity contribution in [2.45, 2.75) is 52.1 Å². The first-order valence-corrected chi connectivity index (χ1v) is 11.7. The molecule has 1 unspecified atom stereocenters. The second-order valence-electron chi connectivity index (χ2n) is 8.66. The molecule has 2 aromatic heterocycles. The SMILES string of the molecule is CCC(C)(N)c1cccc(C[C@H](C)Nc2ncc3cc(-c4cscc4C)ccc3n2)c1. The van der Waals surface area contributed by atoms with Crippen LogP contribution in [-0.2, 0) is 12.0 Å². The Bertz CT molecular complexity index is 1190. The highest BCUT2D eigenvalue weighted by atomic mass is 32.1. The lowest BCUT2D eigenvalue weighted by Gasteiger charge is -2.24. The molecular formula is C26H30N4S. The molecule has 0 saturated carbocycles. The van der Waals surface area contributed by atoms with E-state index in [4.69, 9.17) is 10.7 Å². The fraction of sp³-hybridized carbons (Fsp3) is 0.308. The Labute approximate surface area is 188 Å². The van der Waals surface area contributed by atoms with Crippen molar-refractivity contribution < 1.29 is 0 Å². The van der Waals surface area contributed by atoms with E-state index in [2.05, 4.69) is 91.2 Å². The Morgan fingerprint density at radius 2 is 2.00 bits per heavy atom. The zero-order chi connectivity index (χ0) is 22.0. The van der Waals surface area contributed by atoms with Gasteiger partial charge in [-0.25, -0.2) is 9.97 Å². The van der Waals surface area contributed by atoms with Gasteiger partial charge in [0.15, 0.2) is 0 Å². The Morgan fingerprint density at radius 3 is 2.74 bits per heavy atom. The first-order valence-electron chi connectivity index (χ1n) is 10.8. The first kappa shape index (κ1) is 21.5. The van der Waals surface area contributed by atoms with Crippen molar-refractivity contribution in [1.29, 1.82) is 0 Å². The summed E-state index contributed by atoms with van der Waals surface area (Å²) in [6, 6.07) is 15.2. The molecule has 0 aliphatic heterocycles. The van der Waals surface area contributed by atoms with Gasteiger partial charge in [-0.05, 0) is 84.3 Å². The molecule has 4 rings (SSSR count). The van der Waals surface area contributed by atoms with E-state index in [1.54, 1.807) is 11.3 Å². The number of fused-ring (bicyclic) bond motifs is 1. The molecule has 31 heavy (non-hydrogen) atoms. The Hall–Kier alpha value is -2.76. The standard InChI is InChI=1S/C26H30N4S/c1-5-26(4,27)22-8-6-7-19(12-22)11-18(3)29-25-28-14-21-13-20(9-10-24(21)30-25)23-16-31-15-17(23)2/h6-10,12-16,18H,5,11,27H2,1-4H3,(H,28,29,30)/t18-,26?/m0/s1. The second kappa shape index (κ2) is 8.77. The summed E-state index contributed by atoms with van der Waals surface area (Å²) in [6.07, 6.45) is 3.69. The Morgan fingerprint density at radius 1 is 1.16 bits per heavy atom. The fourth-order valence-electron chi connectivity index (χ4n) is 3.81. The molecule has 0 fully saturated rings. The lowest BCUT2D eigenvalue weighted by molar-refractivity contribution is 0.476. The molecule has 160 valence electrons. The quantitative estimate of drug-likeness (QED) is 0.361. The number of aromatic nitrogens is 2. The van der Waals surface area contributed by atoms with E-state index in [1.165, 1.54) is 27.8 Å². The van der Waals surface area contributed by atoms with Crippen molar-refractivity contribution in [1.82, 2.24) is 9.97 Å². The van der Waals surface area contributed by atoms with Crippen LogP contribution >= 0.6 is 11.3 Å². The lowest BCUT2D eigenvalue weighted by atomic mass is 9.89. The van der Waals surface area contributed by atoms with Crippen molar-refractivity contribution in [3.8, 4) is 11.1 Å². The highest BCUT2D eigenvalue weighted by molar-refractivity contribution is 7.08. The summed E-state index contributed by atoms with van der Waals surface area (Å²) in [7, 11) is 0. The monoisotopic (exact) mass is 430 g/mol. The predicted molar refractivity (Wildman–Crippen MR) is 133 cm³/mol. The molecule has 0 bridgehead atoms. The van der Waals surface area contributed by atoms with Crippen LogP contribution in [0.15, 0.2) is 59.4 Å². The van der Waals surface area contributed by atoms with E-state index in [-0.39, 0.29) is 11.6 Å². The molecule has 0 saturated heterocycles. The van der Waals surface area contributed by atoms with Crippen LogP contribution in [0.3, 0.4) is 0 Å². The summed E-state index contributed by atoms with van der Waals surface area (Å²) in [6.45, 7) is 8.51. The molecular weight excluding hydrogens is 400 g/mol. The topological polar surface area (TPSA) is 63.8 Å². The van der Waals surface area contributed by atoms with Crippen LogP contribution < -0.4 is 11.1 Å². The maximum atomic E-state index is 6.43. The van der Waals surface area contributed by atoms with E-state index in [0.717, 1.165) is 23.7 Å². The number of hydrogen-bond acceptors (Lipinski definition) is 5. The van der Waals surface area contributed by atoms with Gasteiger partial charge in [0.1, 0.15) is 0 Å².